The number of nitrogens with zero attached hydrogens (tertiary/aromatic N) is 5. The van der Waals surface area contributed by atoms with Crippen LogP contribution < -0.4 is 4.90 Å². The Kier molecular flexibility index (Phi) is 4.74. The number of aromatic nitrogens is 3. The topological polar surface area (TPSA) is 58.3 Å². The van der Waals surface area contributed by atoms with Gasteiger partial charge in [0.05, 0.1) is 0 Å². The molecule has 0 radical (unpaired) electrons. The largest absolute Gasteiger partial charge is 0.422 e. The highest BCUT2D eigenvalue weighted by molar-refractivity contribution is 5.81. The Morgan fingerprint density at radius 3 is 2.69 bits per heavy atom. The first kappa shape index (κ1) is 18.6. The van der Waals surface area contributed by atoms with E-state index in [4.69, 9.17) is 4.42 Å². The van der Waals surface area contributed by atoms with Gasteiger partial charge in [0.2, 0.25) is 0 Å². The maximum Gasteiger partial charge on any atom is 0.252 e. The molecule has 0 bridgehead atoms. The second-order valence-electron chi connectivity index (χ2n) is 8.81. The maximum absolute atomic E-state index is 5.74. The molecule has 2 fully saturated rings. The van der Waals surface area contributed by atoms with Gasteiger partial charge in [0.1, 0.15) is 6.33 Å². The molecule has 2 aromatic heterocycles. The number of likely N-dealkylation sites (N-methyl/N-ethyl adjacent to an activating group) is 1. The van der Waals surface area contributed by atoms with E-state index in [-0.39, 0.29) is 0 Å². The molecule has 2 aliphatic heterocycles. The van der Waals surface area contributed by atoms with Crippen LogP contribution >= 0.6 is 0 Å². The quantitative estimate of drug-likeness (QED) is 0.675. The van der Waals surface area contributed by atoms with Crippen LogP contribution in [0, 0.1) is 5.41 Å². The van der Waals surface area contributed by atoms with Gasteiger partial charge in [0.15, 0.2) is 17.2 Å². The molecule has 2 aliphatic rings. The average Bonchev–Trinajstić information content (AvgIpc) is 3.18. The number of piperidine rings is 2. The summed E-state index contributed by atoms with van der Waals surface area (Å²) in [5, 5.41) is 0. The average molecular weight is 392 g/mol. The van der Waals surface area contributed by atoms with Crippen LogP contribution in [-0.2, 0) is 6.42 Å². The van der Waals surface area contributed by atoms with E-state index >= 15 is 0 Å². The van der Waals surface area contributed by atoms with Crippen molar-refractivity contribution in [1.82, 2.24) is 19.9 Å². The Hall–Kier alpha value is -2.47. The molecule has 1 aromatic carbocycles. The van der Waals surface area contributed by atoms with Gasteiger partial charge in [-0.3, -0.25) is 0 Å². The highest BCUT2D eigenvalue weighted by Gasteiger charge is 2.41. The molecule has 3 aromatic rings. The summed E-state index contributed by atoms with van der Waals surface area (Å²) in [6.07, 6.45) is 6.02. The van der Waals surface area contributed by atoms with Crippen LogP contribution in [0.25, 0.3) is 11.2 Å². The first-order valence-electron chi connectivity index (χ1n) is 10.7. The third-order valence-electron chi connectivity index (χ3n) is 6.73. The van der Waals surface area contributed by atoms with Crippen LogP contribution in [-0.4, -0.2) is 53.1 Å². The van der Waals surface area contributed by atoms with E-state index in [0.717, 1.165) is 43.3 Å². The van der Waals surface area contributed by atoms with Crippen molar-refractivity contribution in [3.05, 3.63) is 48.1 Å². The predicted octanol–water partition coefficient (Wildman–Crippen LogP) is 3.89. The third-order valence-corrected chi connectivity index (χ3v) is 6.73. The highest BCUT2D eigenvalue weighted by Crippen LogP contribution is 2.45. The van der Waals surface area contributed by atoms with E-state index in [1.165, 1.54) is 31.4 Å². The second kappa shape index (κ2) is 7.41. The maximum atomic E-state index is 5.74. The van der Waals surface area contributed by atoms with Gasteiger partial charge < -0.3 is 14.2 Å². The summed E-state index contributed by atoms with van der Waals surface area (Å²) in [4.78, 5) is 18.4. The Morgan fingerprint density at radius 2 is 1.93 bits per heavy atom. The highest BCUT2D eigenvalue weighted by atomic mass is 16.4. The lowest BCUT2D eigenvalue weighted by Crippen LogP contribution is -2.50. The SMILES string of the molecule is CCc1nc2c(N3CCC4(CC3)C[C@@H](c3ccccc3)CN(C)C4)ncnc2o1. The zero-order valence-electron chi connectivity index (χ0n) is 17.3. The van der Waals surface area contributed by atoms with Crippen molar-refractivity contribution in [2.24, 2.45) is 5.41 Å². The van der Waals surface area contributed by atoms with Crippen molar-refractivity contribution in [1.29, 1.82) is 0 Å². The van der Waals surface area contributed by atoms with Crippen LogP contribution in [0.1, 0.15) is 43.6 Å². The molecule has 2 saturated heterocycles. The summed E-state index contributed by atoms with van der Waals surface area (Å²) < 4.78 is 5.74. The van der Waals surface area contributed by atoms with E-state index in [1.807, 2.05) is 6.92 Å². The van der Waals surface area contributed by atoms with Gasteiger partial charge in [0.25, 0.3) is 5.71 Å². The number of hydrogen-bond donors (Lipinski definition) is 0. The molecule has 1 spiro atoms. The zero-order valence-corrected chi connectivity index (χ0v) is 17.3. The molecule has 0 amide bonds. The van der Waals surface area contributed by atoms with Gasteiger partial charge in [-0.2, -0.15) is 4.98 Å². The molecular weight excluding hydrogens is 362 g/mol. The summed E-state index contributed by atoms with van der Waals surface area (Å²) >= 11 is 0. The van der Waals surface area contributed by atoms with Crippen molar-refractivity contribution >= 4 is 17.0 Å². The normalized spacial score (nSPS) is 22.4. The molecule has 1 atom stereocenters. The molecule has 6 heteroatoms. The lowest BCUT2D eigenvalue weighted by Gasteiger charge is -2.49. The predicted molar refractivity (Wildman–Crippen MR) is 114 cm³/mol. The molecule has 0 aliphatic carbocycles. The summed E-state index contributed by atoms with van der Waals surface area (Å²) in [7, 11) is 2.28. The number of anilines is 1. The lowest BCUT2D eigenvalue weighted by atomic mass is 9.68. The molecule has 5 rings (SSSR count). The Labute approximate surface area is 172 Å². The van der Waals surface area contributed by atoms with Gasteiger partial charge in [-0.05, 0) is 43.2 Å². The number of hydrogen-bond acceptors (Lipinski definition) is 6. The summed E-state index contributed by atoms with van der Waals surface area (Å²) in [6.45, 7) is 6.41. The number of aryl methyl sites for hydroxylation is 1. The Balaban J connectivity index is 1.35. The molecule has 6 nitrogen and oxygen atoms in total. The minimum atomic E-state index is 0.383. The van der Waals surface area contributed by atoms with E-state index in [9.17, 15) is 0 Å². The summed E-state index contributed by atoms with van der Waals surface area (Å²) in [6, 6.07) is 11.0. The summed E-state index contributed by atoms with van der Waals surface area (Å²) in [5.74, 6) is 2.28. The summed E-state index contributed by atoms with van der Waals surface area (Å²) in [5.41, 5.74) is 3.28. The first-order valence-corrected chi connectivity index (χ1v) is 10.7. The Morgan fingerprint density at radius 1 is 1.14 bits per heavy atom. The van der Waals surface area contributed by atoms with Crippen LogP contribution in [0.5, 0.6) is 0 Å². The number of likely N-dealkylation sites (tertiary alicyclic amines) is 1. The van der Waals surface area contributed by atoms with Gasteiger partial charge in [-0.1, -0.05) is 37.3 Å². The van der Waals surface area contributed by atoms with Crippen LogP contribution in [0.15, 0.2) is 41.1 Å². The van der Waals surface area contributed by atoms with Gasteiger partial charge in [-0.15, -0.1) is 0 Å². The molecule has 4 heterocycles. The fourth-order valence-electron chi connectivity index (χ4n) is 5.34. The number of oxazole rings is 1. The number of rotatable bonds is 3. The smallest absolute Gasteiger partial charge is 0.252 e. The fourth-order valence-corrected chi connectivity index (χ4v) is 5.34. The van der Waals surface area contributed by atoms with Crippen molar-refractivity contribution in [2.75, 3.05) is 38.1 Å². The minimum absolute atomic E-state index is 0.383. The van der Waals surface area contributed by atoms with E-state index in [1.54, 1.807) is 6.33 Å². The fraction of sp³-hybridized carbons (Fsp3) is 0.522. The van der Waals surface area contributed by atoms with Gasteiger partial charge in [-0.25, -0.2) is 9.97 Å². The third kappa shape index (κ3) is 3.50. The van der Waals surface area contributed by atoms with E-state index < -0.39 is 0 Å². The minimum Gasteiger partial charge on any atom is -0.422 e. The van der Waals surface area contributed by atoms with Gasteiger partial charge in [0, 0.05) is 32.6 Å². The number of fused-ring (bicyclic) bond motifs is 1. The monoisotopic (exact) mass is 391 g/mol. The molecule has 29 heavy (non-hydrogen) atoms. The lowest BCUT2D eigenvalue weighted by molar-refractivity contribution is 0.0671. The standard InChI is InChI=1S/C23H29N5O/c1-3-19-26-20-21(24-16-25-22(20)29-19)28-11-9-23(10-12-28)13-18(14-27(2)15-23)17-7-5-4-6-8-17/h4-8,16,18H,3,9-15H2,1-2H3/t18-/m1/s1. The first-order chi connectivity index (χ1) is 14.2. The zero-order chi connectivity index (χ0) is 19.8. The van der Waals surface area contributed by atoms with Crippen molar-refractivity contribution < 1.29 is 4.42 Å². The van der Waals surface area contributed by atoms with Crippen molar-refractivity contribution in [2.45, 2.75) is 38.5 Å². The Bertz CT molecular complexity index is 977. The van der Waals surface area contributed by atoms with Crippen LogP contribution in [0.4, 0.5) is 5.82 Å². The second-order valence-corrected chi connectivity index (χ2v) is 8.81. The van der Waals surface area contributed by atoms with Crippen molar-refractivity contribution in [3.8, 4) is 0 Å². The van der Waals surface area contributed by atoms with E-state index in [0.29, 0.717) is 17.0 Å². The number of benzene rings is 1. The molecule has 0 unspecified atom stereocenters. The van der Waals surface area contributed by atoms with Crippen LogP contribution in [0.2, 0.25) is 0 Å². The molecule has 152 valence electrons. The molecular formula is C23H29N5O. The van der Waals surface area contributed by atoms with E-state index in [2.05, 4.69) is 62.1 Å². The van der Waals surface area contributed by atoms with Crippen molar-refractivity contribution in [3.63, 3.8) is 0 Å². The van der Waals surface area contributed by atoms with Crippen LogP contribution in [0.3, 0.4) is 0 Å². The van der Waals surface area contributed by atoms with Gasteiger partial charge >= 0.3 is 0 Å². The molecule has 0 N–H and O–H groups in total. The molecule has 0 saturated carbocycles.